The normalized spacial score (nSPS) is 31.6. The number of likely N-dealkylation sites (tertiary alicyclic amines) is 1. The summed E-state index contributed by atoms with van der Waals surface area (Å²) in [7, 11) is 0. The molecule has 0 amide bonds. The number of aliphatic hydroxyl groups excluding tert-OH is 1. The van der Waals surface area contributed by atoms with Crippen LogP contribution in [0, 0.1) is 11.3 Å². The minimum atomic E-state index is -0.191. The molecule has 0 aromatic heterocycles. The maximum absolute atomic E-state index is 9.30. The van der Waals surface area contributed by atoms with Crippen molar-refractivity contribution in [2.24, 2.45) is 11.3 Å². The molecule has 0 aromatic carbocycles. The Morgan fingerprint density at radius 3 is 2.62 bits per heavy atom. The molecule has 1 N–H and O–H groups in total. The van der Waals surface area contributed by atoms with Gasteiger partial charge >= 0.3 is 0 Å². The van der Waals surface area contributed by atoms with E-state index in [1.807, 2.05) is 6.92 Å². The second-order valence-corrected chi connectivity index (χ2v) is 5.26. The Bertz CT molecular complexity index is 165. The van der Waals surface area contributed by atoms with Crippen LogP contribution in [-0.4, -0.2) is 35.7 Å². The maximum Gasteiger partial charge on any atom is 0.0639 e. The number of nitrogens with zero attached hydrogens (tertiary/aromatic N) is 1. The van der Waals surface area contributed by atoms with Crippen LogP contribution in [0.25, 0.3) is 0 Å². The molecule has 0 aliphatic carbocycles. The number of β-amino-alcohol motifs (C(OH)–C–C–N with tert-alkyl or cyclic N) is 1. The van der Waals surface area contributed by atoms with Crippen LogP contribution in [-0.2, 0) is 0 Å². The van der Waals surface area contributed by atoms with E-state index in [1.54, 1.807) is 0 Å². The van der Waals surface area contributed by atoms with E-state index in [1.165, 1.54) is 6.42 Å². The topological polar surface area (TPSA) is 23.5 Å². The average molecular weight is 185 g/mol. The zero-order valence-electron chi connectivity index (χ0n) is 9.38. The highest BCUT2D eigenvalue weighted by Gasteiger charge is 2.32. The molecule has 2 nitrogen and oxygen atoms in total. The fourth-order valence-corrected chi connectivity index (χ4v) is 2.11. The van der Waals surface area contributed by atoms with Crippen molar-refractivity contribution >= 4 is 0 Å². The Kier molecular flexibility index (Phi) is 3.36. The third-order valence-corrected chi connectivity index (χ3v) is 3.37. The Labute approximate surface area is 81.9 Å². The molecular weight excluding hydrogens is 162 g/mol. The Hall–Kier alpha value is -0.0800. The van der Waals surface area contributed by atoms with Gasteiger partial charge in [0.1, 0.15) is 0 Å². The minimum absolute atomic E-state index is 0.191. The van der Waals surface area contributed by atoms with Gasteiger partial charge in [0.25, 0.3) is 0 Å². The summed E-state index contributed by atoms with van der Waals surface area (Å²) in [5.74, 6) is 0.803. The highest BCUT2D eigenvalue weighted by Crippen LogP contribution is 2.34. The molecular formula is C11H23NO. The first-order valence-electron chi connectivity index (χ1n) is 5.32. The predicted molar refractivity (Wildman–Crippen MR) is 55.7 cm³/mol. The monoisotopic (exact) mass is 185 g/mol. The van der Waals surface area contributed by atoms with Crippen LogP contribution in [0.1, 0.15) is 34.1 Å². The van der Waals surface area contributed by atoms with Crippen LogP contribution in [0.2, 0.25) is 0 Å². The molecule has 0 spiro atoms. The van der Waals surface area contributed by atoms with Gasteiger partial charge in [0.05, 0.1) is 6.10 Å². The molecule has 1 fully saturated rings. The van der Waals surface area contributed by atoms with Gasteiger partial charge in [-0.1, -0.05) is 20.8 Å². The van der Waals surface area contributed by atoms with Gasteiger partial charge in [0.2, 0.25) is 0 Å². The van der Waals surface area contributed by atoms with Gasteiger partial charge in [-0.15, -0.1) is 0 Å². The number of rotatable bonds is 2. The molecule has 1 saturated heterocycles. The first-order valence-corrected chi connectivity index (χ1v) is 5.32. The fraction of sp³-hybridized carbons (Fsp3) is 1.00. The predicted octanol–water partition coefficient (Wildman–Crippen LogP) is 1.74. The van der Waals surface area contributed by atoms with Crippen molar-refractivity contribution in [2.45, 2.75) is 40.2 Å². The molecule has 2 heteroatoms. The molecule has 0 radical (unpaired) electrons. The lowest BCUT2D eigenvalue weighted by Crippen LogP contribution is -2.46. The summed E-state index contributed by atoms with van der Waals surface area (Å²) in [4.78, 5) is 2.38. The van der Waals surface area contributed by atoms with E-state index in [2.05, 4.69) is 25.7 Å². The molecule has 1 rings (SSSR count). The molecule has 1 aliphatic heterocycles. The zero-order chi connectivity index (χ0) is 10.1. The van der Waals surface area contributed by atoms with Crippen molar-refractivity contribution in [2.75, 3.05) is 19.6 Å². The van der Waals surface area contributed by atoms with Gasteiger partial charge in [0.15, 0.2) is 0 Å². The number of hydrogen-bond acceptors (Lipinski definition) is 2. The quantitative estimate of drug-likeness (QED) is 0.708. The lowest BCUT2D eigenvalue weighted by Gasteiger charge is -2.43. The van der Waals surface area contributed by atoms with Gasteiger partial charge < -0.3 is 10.0 Å². The lowest BCUT2D eigenvalue weighted by molar-refractivity contribution is 0.0347. The lowest BCUT2D eigenvalue weighted by atomic mass is 9.75. The second kappa shape index (κ2) is 3.97. The van der Waals surface area contributed by atoms with Crippen LogP contribution >= 0.6 is 0 Å². The second-order valence-electron chi connectivity index (χ2n) is 5.26. The molecule has 2 unspecified atom stereocenters. The van der Waals surface area contributed by atoms with E-state index in [-0.39, 0.29) is 6.10 Å². The summed E-state index contributed by atoms with van der Waals surface area (Å²) in [6, 6.07) is 0. The highest BCUT2D eigenvalue weighted by atomic mass is 16.3. The van der Waals surface area contributed by atoms with Crippen LogP contribution in [0.3, 0.4) is 0 Å². The Balaban J connectivity index is 2.46. The van der Waals surface area contributed by atoms with Gasteiger partial charge in [-0.2, -0.15) is 0 Å². The SMILES string of the molecule is CC(O)CN1CCC(C)C(C)(C)C1. The summed E-state index contributed by atoms with van der Waals surface area (Å²) in [5.41, 5.74) is 0.410. The number of hydrogen-bond donors (Lipinski definition) is 1. The smallest absolute Gasteiger partial charge is 0.0639 e. The van der Waals surface area contributed by atoms with Crippen LogP contribution in [0.4, 0.5) is 0 Å². The summed E-state index contributed by atoms with van der Waals surface area (Å²) in [6.07, 6.45) is 1.07. The molecule has 0 aromatic rings. The van der Waals surface area contributed by atoms with Crippen molar-refractivity contribution in [1.82, 2.24) is 4.90 Å². The molecule has 0 bridgehead atoms. The fourth-order valence-electron chi connectivity index (χ4n) is 2.11. The van der Waals surface area contributed by atoms with Gasteiger partial charge in [-0.3, -0.25) is 0 Å². The number of aliphatic hydroxyl groups is 1. The molecule has 78 valence electrons. The zero-order valence-corrected chi connectivity index (χ0v) is 9.38. The van der Waals surface area contributed by atoms with Crippen molar-refractivity contribution < 1.29 is 5.11 Å². The molecule has 1 heterocycles. The van der Waals surface area contributed by atoms with E-state index in [9.17, 15) is 5.11 Å². The maximum atomic E-state index is 9.30. The van der Waals surface area contributed by atoms with E-state index in [0.717, 1.165) is 25.6 Å². The molecule has 1 aliphatic rings. The summed E-state index contributed by atoms with van der Waals surface area (Å²) in [5, 5.41) is 9.30. The first-order chi connectivity index (χ1) is 5.92. The first kappa shape index (κ1) is 11.0. The molecule has 13 heavy (non-hydrogen) atoms. The highest BCUT2D eigenvalue weighted by molar-refractivity contribution is 4.85. The van der Waals surface area contributed by atoms with Crippen molar-refractivity contribution in [3.05, 3.63) is 0 Å². The Morgan fingerprint density at radius 1 is 1.54 bits per heavy atom. The van der Waals surface area contributed by atoms with E-state index < -0.39 is 0 Å². The van der Waals surface area contributed by atoms with Crippen LogP contribution < -0.4 is 0 Å². The summed E-state index contributed by atoms with van der Waals surface area (Å²) in [6.45, 7) is 12.0. The van der Waals surface area contributed by atoms with Crippen molar-refractivity contribution in [1.29, 1.82) is 0 Å². The van der Waals surface area contributed by atoms with E-state index in [4.69, 9.17) is 0 Å². The minimum Gasteiger partial charge on any atom is -0.392 e. The summed E-state index contributed by atoms with van der Waals surface area (Å²) < 4.78 is 0. The average Bonchev–Trinajstić information content (AvgIpc) is 1.95. The molecule has 2 atom stereocenters. The number of piperidine rings is 1. The summed E-state index contributed by atoms with van der Waals surface area (Å²) >= 11 is 0. The standard InChI is InChI=1S/C11H23NO/c1-9-5-6-12(7-10(2)13)8-11(9,3)4/h9-10,13H,5-8H2,1-4H3. The van der Waals surface area contributed by atoms with Gasteiger partial charge in [-0.05, 0) is 31.2 Å². The third-order valence-electron chi connectivity index (χ3n) is 3.37. The largest absolute Gasteiger partial charge is 0.392 e. The third kappa shape index (κ3) is 2.96. The van der Waals surface area contributed by atoms with Crippen LogP contribution in [0.15, 0.2) is 0 Å². The van der Waals surface area contributed by atoms with E-state index in [0.29, 0.717) is 5.41 Å². The van der Waals surface area contributed by atoms with Gasteiger partial charge in [-0.25, -0.2) is 0 Å². The van der Waals surface area contributed by atoms with Gasteiger partial charge in [0, 0.05) is 13.1 Å². The van der Waals surface area contributed by atoms with E-state index >= 15 is 0 Å². The van der Waals surface area contributed by atoms with Crippen LogP contribution in [0.5, 0.6) is 0 Å². The van der Waals surface area contributed by atoms with Crippen molar-refractivity contribution in [3.63, 3.8) is 0 Å². The Morgan fingerprint density at radius 2 is 2.15 bits per heavy atom. The van der Waals surface area contributed by atoms with Crippen molar-refractivity contribution in [3.8, 4) is 0 Å². The molecule has 0 saturated carbocycles.